The number of carboxylic acid groups (broad SMARTS) is 1. The van der Waals surface area contributed by atoms with E-state index in [4.69, 9.17) is 5.11 Å². The predicted molar refractivity (Wildman–Crippen MR) is 79.3 cm³/mol. The Morgan fingerprint density at radius 1 is 1.22 bits per heavy atom. The van der Waals surface area contributed by atoms with E-state index in [2.05, 4.69) is 10.6 Å². The molecule has 0 saturated heterocycles. The van der Waals surface area contributed by atoms with Gasteiger partial charge in [-0.1, -0.05) is 6.07 Å². The van der Waals surface area contributed by atoms with E-state index in [1.54, 1.807) is 13.8 Å². The Bertz CT molecular complexity index is 598. The molecular formula is C15H19F3N2O3. The molecule has 0 aliphatic heterocycles. The van der Waals surface area contributed by atoms with Crippen molar-refractivity contribution >= 4 is 17.7 Å². The van der Waals surface area contributed by atoms with Gasteiger partial charge in [0.05, 0.1) is 5.56 Å². The summed E-state index contributed by atoms with van der Waals surface area (Å²) in [5.41, 5.74) is -1.66. The molecule has 0 spiro atoms. The number of rotatable bonds is 5. The van der Waals surface area contributed by atoms with Crippen LogP contribution in [0.2, 0.25) is 0 Å². The number of carboxylic acids is 1. The number of benzene rings is 1. The fraction of sp³-hybridized carbons (Fsp3) is 0.467. The van der Waals surface area contributed by atoms with Gasteiger partial charge in [-0.3, -0.25) is 4.79 Å². The summed E-state index contributed by atoms with van der Waals surface area (Å²) >= 11 is 0. The fourth-order valence-electron chi connectivity index (χ4n) is 2.02. The lowest BCUT2D eigenvalue weighted by Gasteiger charge is -2.26. The maximum absolute atomic E-state index is 12.8. The zero-order valence-corrected chi connectivity index (χ0v) is 13.0. The first-order chi connectivity index (χ1) is 10.4. The van der Waals surface area contributed by atoms with Crippen molar-refractivity contribution in [3.05, 3.63) is 29.3 Å². The van der Waals surface area contributed by atoms with E-state index in [0.29, 0.717) is 0 Å². The van der Waals surface area contributed by atoms with Gasteiger partial charge in [-0.25, -0.2) is 4.79 Å². The lowest BCUT2D eigenvalue weighted by atomic mass is 9.99. The number of alkyl halides is 3. The molecule has 5 nitrogen and oxygen atoms in total. The van der Waals surface area contributed by atoms with Crippen LogP contribution < -0.4 is 10.6 Å². The number of nitrogens with one attached hydrogen (secondary N) is 2. The van der Waals surface area contributed by atoms with Gasteiger partial charge in [-0.2, -0.15) is 13.2 Å². The van der Waals surface area contributed by atoms with Gasteiger partial charge >= 0.3 is 18.2 Å². The van der Waals surface area contributed by atoms with Crippen LogP contribution in [0.5, 0.6) is 0 Å². The zero-order chi connectivity index (χ0) is 17.8. The zero-order valence-electron chi connectivity index (χ0n) is 13.0. The largest absolute Gasteiger partial charge is 0.481 e. The molecule has 0 bridgehead atoms. The lowest BCUT2D eigenvalue weighted by Crippen LogP contribution is -2.45. The molecular weight excluding hydrogens is 313 g/mol. The van der Waals surface area contributed by atoms with Crippen LogP contribution in [0.3, 0.4) is 0 Å². The van der Waals surface area contributed by atoms with Gasteiger partial charge in [-0.15, -0.1) is 0 Å². The van der Waals surface area contributed by atoms with Crippen LogP contribution in [0.4, 0.5) is 23.7 Å². The van der Waals surface area contributed by atoms with E-state index < -0.39 is 29.3 Å². The number of carbonyl (C=O) groups is 2. The summed E-state index contributed by atoms with van der Waals surface area (Å²) in [6.45, 7) is 4.54. The Morgan fingerprint density at radius 2 is 1.83 bits per heavy atom. The Labute approximate surface area is 131 Å². The molecule has 2 amide bonds. The second-order valence-electron chi connectivity index (χ2n) is 5.83. The van der Waals surface area contributed by atoms with E-state index in [-0.39, 0.29) is 24.1 Å². The van der Waals surface area contributed by atoms with Gasteiger partial charge < -0.3 is 15.7 Å². The van der Waals surface area contributed by atoms with E-state index in [9.17, 15) is 22.8 Å². The van der Waals surface area contributed by atoms with Crippen molar-refractivity contribution in [2.45, 2.75) is 45.3 Å². The third-order valence-corrected chi connectivity index (χ3v) is 3.30. The highest BCUT2D eigenvalue weighted by Crippen LogP contribution is 2.34. The normalized spacial score (nSPS) is 11.9. The van der Waals surface area contributed by atoms with Gasteiger partial charge in [0.2, 0.25) is 0 Å². The molecule has 3 N–H and O–H groups in total. The predicted octanol–water partition coefficient (Wildman–Crippen LogP) is 3.78. The third-order valence-electron chi connectivity index (χ3n) is 3.30. The number of hydrogen-bond donors (Lipinski definition) is 3. The highest BCUT2D eigenvalue weighted by molar-refractivity contribution is 5.90. The molecule has 1 rings (SSSR count). The summed E-state index contributed by atoms with van der Waals surface area (Å²) < 4.78 is 38.5. The number of hydrogen-bond acceptors (Lipinski definition) is 2. The number of anilines is 1. The third kappa shape index (κ3) is 5.80. The molecule has 0 aliphatic carbocycles. The van der Waals surface area contributed by atoms with Gasteiger partial charge in [0, 0.05) is 17.6 Å². The molecule has 0 saturated carbocycles. The van der Waals surface area contributed by atoms with Crippen molar-refractivity contribution in [3.8, 4) is 0 Å². The van der Waals surface area contributed by atoms with Crippen molar-refractivity contribution in [2.24, 2.45) is 0 Å². The summed E-state index contributed by atoms with van der Waals surface area (Å²) in [6, 6.07) is 2.83. The van der Waals surface area contributed by atoms with Gasteiger partial charge in [0.25, 0.3) is 0 Å². The lowest BCUT2D eigenvalue weighted by molar-refractivity contribution is -0.138. The van der Waals surface area contributed by atoms with Crippen LogP contribution in [0.25, 0.3) is 0 Å². The smallest absolute Gasteiger partial charge is 0.416 e. The van der Waals surface area contributed by atoms with Crippen molar-refractivity contribution in [1.29, 1.82) is 0 Å². The van der Waals surface area contributed by atoms with Crippen LogP contribution in [-0.2, 0) is 11.0 Å². The monoisotopic (exact) mass is 332 g/mol. The van der Waals surface area contributed by atoms with Gasteiger partial charge in [-0.05, 0) is 44.9 Å². The minimum Gasteiger partial charge on any atom is -0.481 e. The van der Waals surface area contributed by atoms with E-state index >= 15 is 0 Å². The van der Waals surface area contributed by atoms with Gasteiger partial charge in [0.15, 0.2) is 0 Å². The number of aliphatic carboxylic acids is 1. The van der Waals surface area contributed by atoms with Crippen LogP contribution in [0.1, 0.15) is 37.8 Å². The van der Waals surface area contributed by atoms with Crippen molar-refractivity contribution in [2.75, 3.05) is 5.32 Å². The molecule has 0 atom stereocenters. The number of carbonyl (C=O) groups excluding carboxylic acids is 1. The summed E-state index contributed by atoms with van der Waals surface area (Å²) in [5, 5.41) is 13.6. The Balaban J connectivity index is 2.80. The summed E-state index contributed by atoms with van der Waals surface area (Å²) in [5.74, 6) is -0.992. The summed E-state index contributed by atoms with van der Waals surface area (Å²) in [4.78, 5) is 22.5. The molecule has 0 aliphatic rings. The van der Waals surface area contributed by atoms with Crippen molar-refractivity contribution in [1.82, 2.24) is 5.32 Å². The molecule has 1 aromatic carbocycles. The van der Waals surface area contributed by atoms with Crippen molar-refractivity contribution in [3.63, 3.8) is 0 Å². The standard InChI is InChI=1S/C15H19F3N2O3/c1-9-10(15(16,17)18)5-4-6-11(9)19-13(23)20-14(2,3)8-7-12(21)22/h4-6H,7-8H2,1-3H3,(H,21,22)(H2,19,20,23). The Kier molecular flexibility index (Phi) is 5.63. The van der Waals surface area contributed by atoms with Crippen LogP contribution in [-0.4, -0.2) is 22.6 Å². The van der Waals surface area contributed by atoms with Crippen LogP contribution >= 0.6 is 0 Å². The first-order valence-corrected chi connectivity index (χ1v) is 6.90. The van der Waals surface area contributed by atoms with Crippen molar-refractivity contribution < 1.29 is 27.9 Å². The highest BCUT2D eigenvalue weighted by atomic mass is 19.4. The average Bonchev–Trinajstić information content (AvgIpc) is 2.37. The highest BCUT2D eigenvalue weighted by Gasteiger charge is 2.33. The maximum atomic E-state index is 12.8. The Hall–Kier alpha value is -2.25. The molecule has 8 heteroatoms. The van der Waals surface area contributed by atoms with Crippen LogP contribution in [0.15, 0.2) is 18.2 Å². The number of halogens is 3. The second kappa shape index (κ2) is 6.89. The first-order valence-electron chi connectivity index (χ1n) is 6.90. The molecule has 0 heterocycles. The SMILES string of the molecule is Cc1c(NC(=O)NC(C)(C)CCC(=O)O)cccc1C(F)(F)F. The van der Waals surface area contributed by atoms with E-state index in [1.165, 1.54) is 19.1 Å². The molecule has 0 aromatic heterocycles. The minimum atomic E-state index is -4.50. The molecule has 128 valence electrons. The molecule has 0 fully saturated rings. The average molecular weight is 332 g/mol. The summed E-state index contributed by atoms with van der Waals surface area (Å²) in [7, 11) is 0. The first kappa shape index (κ1) is 18.8. The second-order valence-corrected chi connectivity index (χ2v) is 5.83. The number of urea groups is 1. The Morgan fingerprint density at radius 3 is 2.35 bits per heavy atom. The number of amides is 2. The van der Waals surface area contributed by atoms with Gasteiger partial charge in [0.1, 0.15) is 0 Å². The van der Waals surface area contributed by atoms with Crippen LogP contribution in [0, 0.1) is 6.92 Å². The van der Waals surface area contributed by atoms with E-state index in [1.807, 2.05) is 0 Å². The summed E-state index contributed by atoms with van der Waals surface area (Å²) in [6.07, 6.45) is -4.44. The quantitative estimate of drug-likeness (QED) is 0.768. The molecule has 0 radical (unpaired) electrons. The topological polar surface area (TPSA) is 78.4 Å². The minimum absolute atomic E-state index is 0.0476. The molecule has 0 unspecified atom stereocenters. The molecule has 1 aromatic rings. The van der Waals surface area contributed by atoms with E-state index in [0.717, 1.165) is 6.07 Å². The maximum Gasteiger partial charge on any atom is 0.416 e. The molecule has 23 heavy (non-hydrogen) atoms. The fourth-order valence-corrected chi connectivity index (χ4v) is 2.02.